The van der Waals surface area contributed by atoms with E-state index in [0.29, 0.717) is 4.99 Å². The van der Waals surface area contributed by atoms with Gasteiger partial charge < -0.3 is 10.5 Å². The lowest BCUT2D eigenvalue weighted by Crippen LogP contribution is -2.08. The van der Waals surface area contributed by atoms with Crippen LogP contribution in [-0.2, 0) is 0 Å². The van der Waals surface area contributed by atoms with Crippen LogP contribution in [-0.4, -0.2) is 11.6 Å². The second kappa shape index (κ2) is 8.31. The van der Waals surface area contributed by atoms with Crippen molar-refractivity contribution in [1.29, 1.82) is 0 Å². The summed E-state index contributed by atoms with van der Waals surface area (Å²) < 4.78 is 9.36. The Morgan fingerprint density at radius 3 is 2.29 bits per heavy atom. The van der Waals surface area contributed by atoms with Gasteiger partial charge in [0.1, 0.15) is 5.75 Å². The second-order valence-electron chi connectivity index (χ2n) is 3.47. The van der Waals surface area contributed by atoms with E-state index in [1.807, 2.05) is 0 Å². The van der Waals surface area contributed by atoms with E-state index in [0.717, 1.165) is 38.8 Å². The summed E-state index contributed by atoms with van der Waals surface area (Å²) in [6.45, 7) is 0.717. The summed E-state index contributed by atoms with van der Waals surface area (Å²) in [5.74, 6) is 0.988. The van der Waals surface area contributed by atoms with Gasteiger partial charge in [0.15, 0.2) is 0 Å². The lowest BCUT2D eigenvalue weighted by molar-refractivity contribution is 0.304. The van der Waals surface area contributed by atoms with Crippen LogP contribution in [0.5, 0.6) is 5.75 Å². The molecule has 0 fully saturated rings. The third-order valence-electron chi connectivity index (χ3n) is 2.03. The van der Waals surface area contributed by atoms with Crippen LogP contribution in [0.15, 0.2) is 12.1 Å². The first-order valence-corrected chi connectivity index (χ1v) is 8.71. The zero-order chi connectivity index (χ0) is 12.8. The highest BCUT2D eigenvalue weighted by Crippen LogP contribution is 2.29. The SMILES string of the molecule is NC(=S)CCCCOc1c(I)cc(I)cc1I. The van der Waals surface area contributed by atoms with Gasteiger partial charge in [-0.25, -0.2) is 0 Å². The van der Waals surface area contributed by atoms with E-state index in [-0.39, 0.29) is 0 Å². The van der Waals surface area contributed by atoms with E-state index in [4.69, 9.17) is 22.7 Å². The molecule has 17 heavy (non-hydrogen) atoms. The third kappa shape index (κ3) is 6.19. The van der Waals surface area contributed by atoms with Gasteiger partial charge in [-0.05, 0) is 99.2 Å². The van der Waals surface area contributed by atoms with Gasteiger partial charge in [0.05, 0.1) is 18.7 Å². The number of hydrogen-bond donors (Lipinski definition) is 1. The van der Waals surface area contributed by atoms with E-state index in [1.165, 1.54) is 3.57 Å². The molecule has 0 unspecified atom stereocenters. The molecule has 0 aliphatic heterocycles. The van der Waals surface area contributed by atoms with Gasteiger partial charge >= 0.3 is 0 Å². The van der Waals surface area contributed by atoms with Crippen molar-refractivity contribution in [3.63, 3.8) is 0 Å². The summed E-state index contributed by atoms with van der Waals surface area (Å²) in [5, 5.41) is 0. The summed E-state index contributed by atoms with van der Waals surface area (Å²) in [6.07, 6.45) is 2.78. The van der Waals surface area contributed by atoms with E-state index >= 15 is 0 Å². The largest absolute Gasteiger partial charge is 0.491 e. The summed E-state index contributed by atoms with van der Waals surface area (Å²) >= 11 is 11.8. The molecule has 2 N–H and O–H groups in total. The van der Waals surface area contributed by atoms with Crippen molar-refractivity contribution in [2.24, 2.45) is 5.73 Å². The highest BCUT2D eigenvalue weighted by atomic mass is 127. The Balaban J connectivity index is 2.44. The van der Waals surface area contributed by atoms with Gasteiger partial charge in [-0.2, -0.15) is 0 Å². The summed E-state index contributed by atoms with van der Waals surface area (Å²) in [7, 11) is 0. The molecule has 94 valence electrons. The quantitative estimate of drug-likeness (QED) is 0.306. The third-order valence-corrected chi connectivity index (χ3v) is 4.46. The van der Waals surface area contributed by atoms with E-state index in [2.05, 4.69) is 79.9 Å². The van der Waals surface area contributed by atoms with Gasteiger partial charge in [0.2, 0.25) is 0 Å². The fourth-order valence-corrected chi connectivity index (χ4v) is 5.28. The Kier molecular flexibility index (Phi) is 7.89. The van der Waals surface area contributed by atoms with E-state index < -0.39 is 0 Å². The van der Waals surface area contributed by atoms with Crippen molar-refractivity contribution >= 4 is 85.0 Å². The second-order valence-corrected chi connectivity index (χ2v) is 7.56. The number of halogens is 3. The molecule has 2 nitrogen and oxygen atoms in total. The molecule has 0 radical (unpaired) electrons. The number of hydrogen-bond acceptors (Lipinski definition) is 2. The van der Waals surface area contributed by atoms with Crippen LogP contribution in [0.1, 0.15) is 19.3 Å². The fraction of sp³-hybridized carbons (Fsp3) is 0.364. The number of rotatable bonds is 6. The summed E-state index contributed by atoms with van der Waals surface area (Å²) in [5.41, 5.74) is 5.44. The number of nitrogens with two attached hydrogens (primary N) is 1. The molecule has 0 amide bonds. The van der Waals surface area contributed by atoms with Crippen molar-refractivity contribution in [1.82, 2.24) is 0 Å². The van der Waals surface area contributed by atoms with Gasteiger partial charge in [0, 0.05) is 3.57 Å². The first kappa shape index (κ1) is 16.2. The van der Waals surface area contributed by atoms with Crippen LogP contribution in [0.3, 0.4) is 0 Å². The predicted octanol–water partition coefficient (Wildman–Crippen LogP) is 4.34. The number of unbranched alkanes of at least 4 members (excludes halogenated alkanes) is 1. The molecular formula is C11H12I3NOS. The lowest BCUT2D eigenvalue weighted by atomic mass is 10.2. The topological polar surface area (TPSA) is 35.2 Å². The molecule has 0 aromatic heterocycles. The monoisotopic (exact) mass is 587 g/mol. The van der Waals surface area contributed by atoms with Crippen LogP contribution in [0.4, 0.5) is 0 Å². The molecule has 1 aromatic rings. The summed E-state index contributed by atoms with van der Waals surface area (Å²) in [4.78, 5) is 0.587. The van der Waals surface area contributed by atoms with Crippen molar-refractivity contribution in [2.45, 2.75) is 19.3 Å². The summed E-state index contributed by atoms with van der Waals surface area (Å²) in [6, 6.07) is 4.24. The highest BCUT2D eigenvalue weighted by molar-refractivity contribution is 14.1. The fourth-order valence-electron chi connectivity index (χ4n) is 1.24. The number of benzene rings is 1. The van der Waals surface area contributed by atoms with Crippen LogP contribution in [0.2, 0.25) is 0 Å². The minimum atomic E-state index is 0.587. The molecule has 1 aromatic carbocycles. The maximum atomic E-state index is 5.80. The Morgan fingerprint density at radius 2 is 1.76 bits per heavy atom. The van der Waals surface area contributed by atoms with Crippen molar-refractivity contribution in [3.8, 4) is 5.75 Å². The van der Waals surface area contributed by atoms with Gasteiger partial charge in [-0.15, -0.1) is 0 Å². The number of ether oxygens (including phenoxy) is 1. The maximum absolute atomic E-state index is 5.80. The van der Waals surface area contributed by atoms with E-state index in [9.17, 15) is 0 Å². The van der Waals surface area contributed by atoms with Crippen LogP contribution in [0.25, 0.3) is 0 Å². The Hall–Kier alpha value is 1.10. The lowest BCUT2D eigenvalue weighted by Gasteiger charge is -2.10. The molecule has 6 heteroatoms. The molecule has 0 saturated heterocycles. The Bertz CT molecular complexity index is 389. The average Bonchev–Trinajstić information content (AvgIpc) is 2.20. The molecule has 0 saturated carbocycles. The average molecular weight is 587 g/mol. The first-order valence-electron chi connectivity index (χ1n) is 5.06. The highest BCUT2D eigenvalue weighted by Gasteiger charge is 2.07. The minimum Gasteiger partial charge on any atom is -0.491 e. The zero-order valence-electron chi connectivity index (χ0n) is 9.01. The molecule has 0 atom stereocenters. The molecule has 0 spiro atoms. The number of thiocarbonyl (C=S) groups is 1. The molecule has 0 bridgehead atoms. The van der Waals surface area contributed by atoms with E-state index in [1.54, 1.807) is 0 Å². The van der Waals surface area contributed by atoms with Crippen molar-refractivity contribution in [3.05, 3.63) is 22.8 Å². The van der Waals surface area contributed by atoms with Gasteiger partial charge in [-0.1, -0.05) is 12.2 Å². The van der Waals surface area contributed by atoms with Crippen molar-refractivity contribution in [2.75, 3.05) is 6.61 Å². The molecule has 0 heterocycles. The van der Waals surface area contributed by atoms with Crippen LogP contribution < -0.4 is 10.5 Å². The Labute approximate surface area is 148 Å². The standard InChI is InChI=1S/C11H12I3NOS/c12-7-5-8(13)11(9(14)6-7)16-4-2-1-3-10(15)17/h5-6H,1-4H2,(H2,15,17). The Morgan fingerprint density at radius 1 is 1.18 bits per heavy atom. The van der Waals surface area contributed by atoms with Crippen LogP contribution in [0, 0.1) is 10.7 Å². The smallest absolute Gasteiger partial charge is 0.145 e. The van der Waals surface area contributed by atoms with Gasteiger partial charge in [-0.3, -0.25) is 0 Å². The normalized spacial score (nSPS) is 10.3. The molecular weight excluding hydrogens is 575 g/mol. The minimum absolute atomic E-state index is 0.587. The first-order chi connectivity index (χ1) is 8.00. The predicted molar refractivity (Wildman–Crippen MR) is 101 cm³/mol. The van der Waals surface area contributed by atoms with Crippen LogP contribution >= 0.6 is 80.0 Å². The molecule has 1 rings (SSSR count). The van der Waals surface area contributed by atoms with Crippen molar-refractivity contribution < 1.29 is 4.74 Å². The zero-order valence-corrected chi connectivity index (χ0v) is 16.3. The maximum Gasteiger partial charge on any atom is 0.145 e. The van der Waals surface area contributed by atoms with Gasteiger partial charge in [0.25, 0.3) is 0 Å². The molecule has 0 aliphatic rings. The molecule has 0 aliphatic carbocycles.